The van der Waals surface area contributed by atoms with Crippen molar-refractivity contribution >= 4 is 6.09 Å². The first-order valence-electron chi connectivity index (χ1n) is 6.98. The molecule has 4 heteroatoms. The van der Waals surface area contributed by atoms with Crippen LogP contribution in [0.15, 0.2) is 0 Å². The maximum absolute atomic E-state index is 11.4. The second-order valence-corrected chi connectivity index (χ2v) is 6.29. The van der Waals surface area contributed by atoms with Gasteiger partial charge in [0.1, 0.15) is 5.60 Å². The van der Waals surface area contributed by atoms with Crippen molar-refractivity contribution in [1.29, 1.82) is 0 Å². The summed E-state index contributed by atoms with van der Waals surface area (Å²) >= 11 is 0. The summed E-state index contributed by atoms with van der Waals surface area (Å²) in [5, 5.41) is 11.9. The van der Waals surface area contributed by atoms with Gasteiger partial charge in [0.05, 0.1) is 0 Å². The standard InChI is InChI=1S/C14H27NO3/c1-14(2,3)18-13(17)15-9-8-11-4-6-12(10-16)7-5-11/h11-12,16H,4-10H2,1-3H3,(H,15,17). The monoisotopic (exact) mass is 257 g/mol. The van der Waals surface area contributed by atoms with Crippen LogP contribution in [0.25, 0.3) is 0 Å². The number of amides is 1. The zero-order valence-corrected chi connectivity index (χ0v) is 11.9. The highest BCUT2D eigenvalue weighted by atomic mass is 16.6. The highest BCUT2D eigenvalue weighted by Crippen LogP contribution is 2.30. The van der Waals surface area contributed by atoms with E-state index in [-0.39, 0.29) is 6.09 Å². The van der Waals surface area contributed by atoms with Crippen molar-refractivity contribution in [1.82, 2.24) is 5.32 Å². The number of nitrogens with one attached hydrogen (secondary N) is 1. The van der Waals surface area contributed by atoms with E-state index < -0.39 is 5.60 Å². The van der Waals surface area contributed by atoms with Crippen LogP contribution < -0.4 is 5.32 Å². The van der Waals surface area contributed by atoms with E-state index in [1.807, 2.05) is 20.8 Å². The Bertz CT molecular complexity index is 252. The molecule has 106 valence electrons. The Hall–Kier alpha value is -0.770. The van der Waals surface area contributed by atoms with Gasteiger partial charge in [0.15, 0.2) is 0 Å². The van der Waals surface area contributed by atoms with E-state index in [1.165, 1.54) is 12.8 Å². The van der Waals surface area contributed by atoms with Gasteiger partial charge < -0.3 is 15.2 Å². The third kappa shape index (κ3) is 6.24. The van der Waals surface area contributed by atoms with Crippen LogP contribution in [-0.2, 0) is 4.74 Å². The minimum atomic E-state index is -0.427. The quantitative estimate of drug-likeness (QED) is 0.814. The molecule has 1 aliphatic carbocycles. The number of rotatable bonds is 4. The van der Waals surface area contributed by atoms with Crippen LogP contribution in [0.3, 0.4) is 0 Å². The summed E-state index contributed by atoms with van der Waals surface area (Å²) in [6.07, 6.45) is 5.26. The van der Waals surface area contributed by atoms with Crippen molar-refractivity contribution < 1.29 is 14.6 Å². The van der Waals surface area contributed by atoms with Crippen LogP contribution in [0.4, 0.5) is 4.79 Å². The van der Waals surface area contributed by atoms with Gasteiger partial charge in [-0.3, -0.25) is 0 Å². The lowest BCUT2D eigenvalue weighted by molar-refractivity contribution is 0.0523. The molecule has 0 atom stereocenters. The SMILES string of the molecule is CC(C)(C)OC(=O)NCCC1CCC(CO)CC1. The first-order valence-corrected chi connectivity index (χ1v) is 6.98. The summed E-state index contributed by atoms with van der Waals surface area (Å²) in [4.78, 5) is 11.4. The molecular formula is C14H27NO3. The molecule has 4 nitrogen and oxygen atoms in total. The molecule has 0 aromatic rings. The molecule has 0 bridgehead atoms. The number of aliphatic hydroxyl groups excluding tert-OH is 1. The largest absolute Gasteiger partial charge is 0.444 e. The van der Waals surface area contributed by atoms with Gasteiger partial charge in [-0.25, -0.2) is 4.79 Å². The van der Waals surface area contributed by atoms with Crippen LogP contribution in [0.5, 0.6) is 0 Å². The predicted molar refractivity (Wildman–Crippen MR) is 71.4 cm³/mol. The summed E-state index contributed by atoms with van der Waals surface area (Å²) in [5.41, 5.74) is -0.427. The molecule has 0 aromatic heterocycles. The molecule has 2 N–H and O–H groups in total. The van der Waals surface area contributed by atoms with E-state index in [1.54, 1.807) is 0 Å². The van der Waals surface area contributed by atoms with Crippen molar-refractivity contribution in [3.8, 4) is 0 Å². The minimum absolute atomic E-state index is 0.322. The molecule has 18 heavy (non-hydrogen) atoms. The summed E-state index contributed by atoms with van der Waals surface area (Å²) in [5.74, 6) is 1.18. The van der Waals surface area contributed by atoms with Gasteiger partial charge in [0.25, 0.3) is 0 Å². The molecule has 1 amide bonds. The first-order chi connectivity index (χ1) is 8.40. The predicted octanol–water partition coefficient (Wildman–Crippen LogP) is 2.70. The molecule has 0 unspecified atom stereocenters. The first kappa shape index (κ1) is 15.3. The van der Waals surface area contributed by atoms with Crippen molar-refractivity contribution in [3.63, 3.8) is 0 Å². The average molecular weight is 257 g/mol. The van der Waals surface area contributed by atoms with Gasteiger partial charge in [-0.1, -0.05) is 12.8 Å². The molecule has 0 spiro atoms. The van der Waals surface area contributed by atoms with Gasteiger partial charge in [0, 0.05) is 13.2 Å². The van der Waals surface area contributed by atoms with Crippen LogP contribution in [-0.4, -0.2) is 30.0 Å². The summed E-state index contributed by atoms with van der Waals surface area (Å²) in [6, 6.07) is 0. The van der Waals surface area contributed by atoms with Crippen LogP contribution in [0.2, 0.25) is 0 Å². The minimum Gasteiger partial charge on any atom is -0.444 e. The molecule has 1 fully saturated rings. The summed E-state index contributed by atoms with van der Waals surface area (Å²) in [6.45, 7) is 6.60. The van der Waals surface area contributed by atoms with Crippen molar-refractivity contribution in [2.24, 2.45) is 11.8 Å². The summed E-state index contributed by atoms with van der Waals surface area (Å²) < 4.78 is 5.18. The number of hydrogen-bond acceptors (Lipinski definition) is 3. The topological polar surface area (TPSA) is 58.6 Å². The molecule has 0 aliphatic heterocycles. The third-order valence-corrected chi connectivity index (χ3v) is 3.45. The Morgan fingerprint density at radius 3 is 2.28 bits per heavy atom. The van der Waals surface area contributed by atoms with Gasteiger partial charge in [-0.15, -0.1) is 0 Å². The van der Waals surface area contributed by atoms with Crippen molar-refractivity contribution in [2.75, 3.05) is 13.2 Å². The number of hydrogen-bond donors (Lipinski definition) is 2. The lowest BCUT2D eigenvalue weighted by atomic mass is 9.81. The van der Waals surface area contributed by atoms with Crippen molar-refractivity contribution in [3.05, 3.63) is 0 Å². The molecule has 0 saturated heterocycles. The number of alkyl carbamates (subject to hydrolysis) is 1. The zero-order chi connectivity index (χ0) is 13.6. The molecule has 1 saturated carbocycles. The van der Waals surface area contributed by atoms with Gasteiger partial charge in [-0.05, 0) is 51.9 Å². The summed E-state index contributed by atoms with van der Waals surface area (Å²) in [7, 11) is 0. The number of carbonyl (C=O) groups is 1. The Labute approximate surface area is 110 Å². The number of ether oxygens (including phenoxy) is 1. The fourth-order valence-electron chi connectivity index (χ4n) is 2.40. The lowest BCUT2D eigenvalue weighted by Crippen LogP contribution is -2.33. The van der Waals surface area contributed by atoms with Crippen LogP contribution in [0, 0.1) is 11.8 Å². The normalized spacial score (nSPS) is 24.7. The Kier molecular flexibility index (Phi) is 5.93. The Morgan fingerprint density at radius 1 is 1.22 bits per heavy atom. The molecule has 0 heterocycles. The van der Waals surface area contributed by atoms with Gasteiger partial charge in [-0.2, -0.15) is 0 Å². The zero-order valence-electron chi connectivity index (χ0n) is 11.9. The molecule has 1 aliphatic rings. The number of aliphatic hydroxyl groups is 1. The molecule has 0 radical (unpaired) electrons. The second-order valence-electron chi connectivity index (χ2n) is 6.29. The molecule has 0 aromatic carbocycles. The van der Waals surface area contributed by atoms with E-state index in [4.69, 9.17) is 9.84 Å². The van der Waals surface area contributed by atoms with Crippen molar-refractivity contribution in [2.45, 2.75) is 58.5 Å². The smallest absolute Gasteiger partial charge is 0.407 e. The fraction of sp³-hybridized carbons (Fsp3) is 0.929. The average Bonchev–Trinajstić information content (AvgIpc) is 2.27. The Morgan fingerprint density at radius 2 is 1.78 bits per heavy atom. The van der Waals surface area contributed by atoms with Crippen LogP contribution in [0.1, 0.15) is 52.9 Å². The lowest BCUT2D eigenvalue weighted by Gasteiger charge is -2.27. The van der Waals surface area contributed by atoms with Crippen LogP contribution >= 0.6 is 0 Å². The van der Waals surface area contributed by atoms with E-state index in [0.717, 1.165) is 19.3 Å². The maximum atomic E-state index is 11.4. The van der Waals surface area contributed by atoms with E-state index >= 15 is 0 Å². The molecule has 1 rings (SSSR count). The van der Waals surface area contributed by atoms with E-state index in [0.29, 0.717) is 25.0 Å². The fourth-order valence-corrected chi connectivity index (χ4v) is 2.40. The highest BCUT2D eigenvalue weighted by Gasteiger charge is 2.21. The van der Waals surface area contributed by atoms with E-state index in [2.05, 4.69) is 5.32 Å². The number of carbonyl (C=O) groups excluding carboxylic acids is 1. The maximum Gasteiger partial charge on any atom is 0.407 e. The highest BCUT2D eigenvalue weighted by molar-refractivity contribution is 5.67. The van der Waals surface area contributed by atoms with E-state index in [9.17, 15) is 4.79 Å². The Balaban J connectivity index is 2.10. The third-order valence-electron chi connectivity index (χ3n) is 3.45. The second kappa shape index (κ2) is 6.98. The molecular weight excluding hydrogens is 230 g/mol. The van der Waals surface area contributed by atoms with Gasteiger partial charge >= 0.3 is 6.09 Å². The van der Waals surface area contributed by atoms with Gasteiger partial charge in [0.2, 0.25) is 0 Å².